The van der Waals surface area contributed by atoms with E-state index >= 15 is 0 Å². The van der Waals surface area contributed by atoms with Crippen molar-refractivity contribution in [2.45, 2.75) is 25.6 Å². The Morgan fingerprint density at radius 1 is 1.40 bits per heavy atom. The first-order valence-corrected chi connectivity index (χ1v) is 7.43. The molecule has 2 heterocycles. The van der Waals surface area contributed by atoms with E-state index in [0.29, 0.717) is 12.1 Å². The van der Waals surface area contributed by atoms with Crippen LogP contribution in [-0.4, -0.2) is 41.2 Å². The van der Waals surface area contributed by atoms with Gasteiger partial charge in [0.15, 0.2) is 0 Å². The summed E-state index contributed by atoms with van der Waals surface area (Å²) in [6.45, 7) is 0.0582. The van der Waals surface area contributed by atoms with Gasteiger partial charge in [-0.2, -0.15) is 17.5 Å². The van der Waals surface area contributed by atoms with Crippen LogP contribution in [0, 0.1) is 0 Å². The number of anilines is 1. The molecule has 6 nitrogen and oxygen atoms in total. The zero-order valence-electron chi connectivity index (χ0n) is 10.4. The molecule has 0 atom stereocenters. The lowest BCUT2D eigenvalue weighted by Crippen LogP contribution is -2.38. The van der Waals surface area contributed by atoms with E-state index in [0.717, 1.165) is 9.87 Å². The van der Waals surface area contributed by atoms with Crippen LogP contribution < -0.4 is 5.73 Å². The summed E-state index contributed by atoms with van der Waals surface area (Å²) in [5.41, 5.74) is 6.62. The molecular weight excluding hydrogens is 297 g/mol. The summed E-state index contributed by atoms with van der Waals surface area (Å²) < 4.78 is 61.1. The van der Waals surface area contributed by atoms with Crippen molar-refractivity contribution >= 4 is 16.0 Å². The summed E-state index contributed by atoms with van der Waals surface area (Å²) in [6, 6.07) is 0. The van der Waals surface area contributed by atoms with Gasteiger partial charge >= 0.3 is 6.18 Å². The van der Waals surface area contributed by atoms with Gasteiger partial charge in [-0.15, -0.1) is 0 Å². The number of hydrogen-bond donors (Lipinski definition) is 1. The highest BCUT2D eigenvalue weighted by molar-refractivity contribution is 7.89. The molecule has 112 valence electrons. The first-order valence-electron chi connectivity index (χ1n) is 5.82. The number of nitrogen functional groups attached to an aromatic ring is 1. The van der Waals surface area contributed by atoms with Crippen molar-refractivity contribution in [2.75, 3.05) is 18.0 Å². The molecule has 0 bridgehead atoms. The number of aromatic nitrogens is 2. The topological polar surface area (TPSA) is 89.2 Å². The second-order valence-electron chi connectivity index (χ2n) is 4.46. The maximum Gasteiger partial charge on any atom is 0.390 e. The molecule has 0 spiro atoms. The van der Waals surface area contributed by atoms with Gasteiger partial charge in [-0.3, -0.25) is 0 Å². The largest absolute Gasteiger partial charge is 0.390 e. The molecular formula is C10H13F3N4O2S. The minimum atomic E-state index is -4.49. The van der Waals surface area contributed by atoms with E-state index in [2.05, 4.69) is 9.97 Å². The molecule has 0 saturated heterocycles. The molecule has 0 fully saturated rings. The van der Waals surface area contributed by atoms with Gasteiger partial charge in [0.25, 0.3) is 0 Å². The summed E-state index contributed by atoms with van der Waals surface area (Å²) >= 11 is 0. The number of sulfonamides is 1. The van der Waals surface area contributed by atoms with Gasteiger partial charge in [-0.05, 0) is 12.0 Å². The summed E-state index contributed by atoms with van der Waals surface area (Å²) in [4.78, 5) is 7.72. The van der Waals surface area contributed by atoms with Crippen molar-refractivity contribution in [3.05, 3.63) is 17.5 Å². The molecule has 1 aromatic rings. The number of alkyl halides is 3. The number of hydrogen-bond acceptors (Lipinski definition) is 5. The fourth-order valence-electron chi connectivity index (χ4n) is 1.91. The first kappa shape index (κ1) is 15.0. The Morgan fingerprint density at radius 3 is 2.75 bits per heavy atom. The second kappa shape index (κ2) is 5.17. The molecule has 20 heavy (non-hydrogen) atoms. The van der Waals surface area contributed by atoms with Crippen LogP contribution in [-0.2, 0) is 23.0 Å². The number of rotatable bonds is 3. The zero-order valence-corrected chi connectivity index (χ0v) is 11.2. The van der Waals surface area contributed by atoms with E-state index in [9.17, 15) is 21.6 Å². The molecule has 10 heteroatoms. The third kappa shape index (κ3) is 3.57. The van der Waals surface area contributed by atoms with Crippen molar-refractivity contribution in [1.82, 2.24) is 14.3 Å². The van der Waals surface area contributed by atoms with E-state index in [1.165, 1.54) is 6.20 Å². The molecule has 0 radical (unpaired) electrons. The Bertz CT molecular complexity index is 603. The van der Waals surface area contributed by atoms with Crippen molar-refractivity contribution in [3.63, 3.8) is 0 Å². The Balaban J connectivity index is 2.11. The summed E-state index contributed by atoms with van der Waals surface area (Å²) in [7, 11) is -3.96. The van der Waals surface area contributed by atoms with Crippen LogP contribution in [0.2, 0.25) is 0 Å². The highest BCUT2D eigenvalue weighted by Crippen LogP contribution is 2.24. The van der Waals surface area contributed by atoms with Crippen LogP contribution >= 0.6 is 0 Å². The van der Waals surface area contributed by atoms with E-state index in [1.54, 1.807) is 0 Å². The van der Waals surface area contributed by atoms with Gasteiger partial charge in [-0.25, -0.2) is 18.4 Å². The monoisotopic (exact) mass is 310 g/mol. The van der Waals surface area contributed by atoms with Gasteiger partial charge in [0.2, 0.25) is 16.0 Å². The lowest BCUT2D eigenvalue weighted by Gasteiger charge is -2.27. The van der Waals surface area contributed by atoms with Crippen molar-refractivity contribution in [3.8, 4) is 0 Å². The van der Waals surface area contributed by atoms with E-state index in [4.69, 9.17) is 5.73 Å². The first-order chi connectivity index (χ1) is 9.17. The minimum Gasteiger partial charge on any atom is -0.368 e. The van der Waals surface area contributed by atoms with Gasteiger partial charge in [0.1, 0.15) is 0 Å². The predicted molar refractivity (Wildman–Crippen MR) is 65.0 cm³/mol. The van der Waals surface area contributed by atoms with Gasteiger partial charge in [0, 0.05) is 12.7 Å². The van der Waals surface area contributed by atoms with Crippen LogP contribution in [0.25, 0.3) is 0 Å². The molecule has 1 aliphatic heterocycles. The lowest BCUT2D eigenvalue weighted by atomic mass is 10.1. The fourth-order valence-corrected chi connectivity index (χ4v) is 3.34. The van der Waals surface area contributed by atoms with Crippen LogP contribution in [0.15, 0.2) is 6.20 Å². The third-order valence-corrected chi connectivity index (χ3v) is 4.78. The van der Waals surface area contributed by atoms with Gasteiger partial charge in [0.05, 0.1) is 24.4 Å². The van der Waals surface area contributed by atoms with Crippen LogP contribution in [0.1, 0.15) is 17.7 Å². The number of halogens is 3. The molecule has 2 rings (SSSR count). The van der Waals surface area contributed by atoms with Crippen molar-refractivity contribution in [2.24, 2.45) is 0 Å². The zero-order chi connectivity index (χ0) is 15.0. The number of fused-ring (bicyclic) bond motifs is 1. The molecule has 0 unspecified atom stereocenters. The Labute approximate surface area is 113 Å². The SMILES string of the molecule is Nc1ncc2c(n1)CN(S(=O)(=O)CCC(F)(F)F)CC2. The lowest BCUT2D eigenvalue weighted by molar-refractivity contribution is -0.130. The van der Waals surface area contributed by atoms with Gasteiger partial charge in [-0.1, -0.05) is 0 Å². The van der Waals surface area contributed by atoms with Crippen LogP contribution in [0.3, 0.4) is 0 Å². The van der Waals surface area contributed by atoms with E-state index in [-0.39, 0.29) is 19.0 Å². The molecule has 0 aliphatic carbocycles. The maximum absolute atomic E-state index is 12.1. The fraction of sp³-hybridized carbons (Fsp3) is 0.600. The summed E-state index contributed by atoms with van der Waals surface area (Å²) in [6.07, 6.45) is -3.98. The summed E-state index contributed by atoms with van der Waals surface area (Å²) in [5.74, 6) is -0.940. The average molecular weight is 310 g/mol. The normalized spacial score (nSPS) is 16.9. The Hall–Kier alpha value is -1.42. The minimum absolute atomic E-state index is 0.0123. The third-order valence-electron chi connectivity index (χ3n) is 2.97. The van der Waals surface area contributed by atoms with E-state index in [1.807, 2.05) is 0 Å². The molecule has 0 aromatic carbocycles. The van der Waals surface area contributed by atoms with Crippen molar-refractivity contribution in [1.29, 1.82) is 0 Å². The van der Waals surface area contributed by atoms with Gasteiger partial charge < -0.3 is 5.73 Å². The van der Waals surface area contributed by atoms with E-state index < -0.39 is 28.4 Å². The summed E-state index contributed by atoms with van der Waals surface area (Å²) in [5, 5.41) is 0. The highest BCUT2D eigenvalue weighted by atomic mass is 32.2. The van der Waals surface area contributed by atoms with Crippen LogP contribution in [0.4, 0.5) is 19.1 Å². The predicted octanol–water partition coefficient (Wildman–Crippen LogP) is 0.699. The van der Waals surface area contributed by atoms with Crippen LogP contribution in [0.5, 0.6) is 0 Å². The average Bonchev–Trinajstić information content (AvgIpc) is 2.35. The molecule has 2 N–H and O–H groups in total. The highest BCUT2D eigenvalue weighted by Gasteiger charge is 2.34. The van der Waals surface area contributed by atoms with Crippen molar-refractivity contribution < 1.29 is 21.6 Å². The smallest absolute Gasteiger partial charge is 0.368 e. The Kier molecular flexibility index (Phi) is 3.87. The molecule has 0 amide bonds. The standard InChI is InChI=1S/C10H13F3N4O2S/c11-10(12,13)2-4-20(18,19)17-3-1-7-5-15-9(14)16-8(7)6-17/h5H,1-4,6H2,(H2,14,15,16). The molecule has 1 aromatic heterocycles. The maximum atomic E-state index is 12.1. The molecule has 1 aliphatic rings. The second-order valence-corrected chi connectivity index (χ2v) is 6.55. The number of nitrogens with two attached hydrogens (primary N) is 1. The quantitative estimate of drug-likeness (QED) is 0.887. The Morgan fingerprint density at radius 2 is 2.10 bits per heavy atom. The molecule has 0 saturated carbocycles. The number of nitrogens with zero attached hydrogens (tertiary/aromatic N) is 3.